The molecule has 0 aromatic heterocycles. The van der Waals surface area contributed by atoms with Crippen LogP contribution in [0.15, 0.2) is 42.5 Å². The summed E-state index contributed by atoms with van der Waals surface area (Å²) in [5, 5.41) is 5.35. The molecule has 106 valence electrons. The van der Waals surface area contributed by atoms with E-state index in [1.807, 2.05) is 38.1 Å². The Balaban J connectivity index is 2.28. The van der Waals surface area contributed by atoms with Gasteiger partial charge >= 0.3 is 0 Å². The maximum atomic E-state index is 12.2. The van der Waals surface area contributed by atoms with Crippen molar-refractivity contribution in [2.45, 2.75) is 38.1 Å². The van der Waals surface area contributed by atoms with Crippen LogP contribution in [-0.2, 0) is 4.79 Å². The molecule has 1 N–H and O–H groups in total. The fraction of sp³-hybridized carbons (Fsp3) is 0.353. The van der Waals surface area contributed by atoms with E-state index in [1.165, 1.54) is 5.39 Å². The summed E-state index contributed by atoms with van der Waals surface area (Å²) < 4.78 is 0. The third-order valence-corrected chi connectivity index (χ3v) is 4.21. The first-order valence-electron chi connectivity index (χ1n) is 6.93. The monoisotopic (exact) mass is 289 g/mol. The van der Waals surface area contributed by atoms with Crippen LogP contribution in [0, 0.1) is 0 Å². The zero-order chi connectivity index (χ0) is 14.8. The molecule has 2 atom stereocenters. The van der Waals surface area contributed by atoms with Crippen molar-refractivity contribution in [2.24, 2.45) is 0 Å². The van der Waals surface area contributed by atoms with Crippen LogP contribution in [0.4, 0.5) is 0 Å². The van der Waals surface area contributed by atoms with Crippen LogP contribution in [0.25, 0.3) is 10.8 Å². The third kappa shape index (κ3) is 2.96. The molecule has 0 aliphatic carbocycles. The van der Waals surface area contributed by atoms with Crippen molar-refractivity contribution in [2.75, 3.05) is 0 Å². The fourth-order valence-electron chi connectivity index (χ4n) is 2.21. The van der Waals surface area contributed by atoms with Crippen molar-refractivity contribution in [3.05, 3.63) is 48.0 Å². The predicted octanol–water partition coefficient (Wildman–Crippen LogP) is 4.42. The Labute approximate surface area is 125 Å². The summed E-state index contributed by atoms with van der Waals surface area (Å²) in [4.78, 5) is 11.3. The molecule has 0 radical (unpaired) electrons. The average Bonchev–Trinajstić information content (AvgIpc) is 2.46. The van der Waals surface area contributed by atoms with Gasteiger partial charge in [-0.15, -0.1) is 11.6 Å². The van der Waals surface area contributed by atoms with Crippen LogP contribution in [0.1, 0.15) is 38.8 Å². The molecule has 2 unspecified atom stereocenters. The SMILES string of the molecule is CCC(C)(Cl)C(=O)NC(C)c1cccc2ccccc12. The number of rotatable bonds is 4. The third-order valence-electron chi connectivity index (χ3n) is 3.77. The number of carbonyl (C=O) groups is 1. The van der Waals surface area contributed by atoms with Crippen LogP contribution < -0.4 is 5.32 Å². The number of alkyl halides is 1. The normalized spacial score (nSPS) is 15.6. The van der Waals surface area contributed by atoms with E-state index < -0.39 is 4.87 Å². The summed E-state index contributed by atoms with van der Waals surface area (Å²) in [6, 6.07) is 14.2. The summed E-state index contributed by atoms with van der Waals surface area (Å²) in [5.41, 5.74) is 1.11. The molecule has 0 heterocycles. The van der Waals surface area contributed by atoms with Gasteiger partial charge in [0.2, 0.25) is 5.91 Å². The van der Waals surface area contributed by atoms with Crippen molar-refractivity contribution in [1.29, 1.82) is 0 Å². The Morgan fingerprint density at radius 1 is 1.25 bits per heavy atom. The van der Waals surface area contributed by atoms with Gasteiger partial charge in [0.1, 0.15) is 4.87 Å². The van der Waals surface area contributed by atoms with Crippen molar-refractivity contribution in [3.63, 3.8) is 0 Å². The van der Waals surface area contributed by atoms with Gasteiger partial charge in [-0.25, -0.2) is 0 Å². The van der Waals surface area contributed by atoms with E-state index in [9.17, 15) is 4.79 Å². The van der Waals surface area contributed by atoms with Gasteiger partial charge in [0, 0.05) is 0 Å². The van der Waals surface area contributed by atoms with Gasteiger partial charge in [-0.3, -0.25) is 4.79 Å². The van der Waals surface area contributed by atoms with Gasteiger partial charge in [0.15, 0.2) is 0 Å². The van der Waals surface area contributed by atoms with E-state index in [1.54, 1.807) is 6.92 Å². The average molecular weight is 290 g/mol. The topological polar surface area (TPSA) is 29.1 Å². The van der Waals surface area contributed by atoms with Crippen LogP contribution >= 0.6 is 11.6 Å². The number of amides is 1. The van der Waals surface area contributed by atoms with E-state index in [-0.39, 0.29) is 11.9 Å². The van der Waals surface area contributed by atoms with Crippen LogP contribution in [-0.4, -0.2) is 10.8 Å². The van der Waals surface area contributed by atoms with Gasteiger partial charge < -0.3 is 5.32 Å². The smallest absolute Gasteiger partial charge is 0.241 e. The lowest BCUT2D eigenvalue weighted by atomic mass is 9.99. The van der Waals surface area contributed by atoms with E-state index >= 15 is 0 Å². The molecule has 0 saturated carbocycles. The predicted molar refractivity (Wildman–Crippen MR) is 85.1 cm³/mol. The van der Waals surface area contributed by atoms with E-state index in [0.717, 1.165) is 10.9 Å². The van der Waals surface area contributed by atoms with Gasteiger partial charge in [-0.2, -0.15) is 0 Å². The van der Waals surface area contributed by atoms with Gasteiger partial charge in [-0.1, -0.05) is 49.4 Å². The Hall–Kier alpha value is -1.54. The molecule has 2 aromatic carbocycles. The molecule has 0 spiro atoms. The van der Waals surface area contributed by atoms with Crippen molar-refractivity contribution < 1.29 is 4.79 Å². The first kappa shape index (κ1) is 14.9. The Morgan fingerprint density at radius 3 is 2.60 bits per heavy atom. The molecule has 2 aromatic rings. The number of hydrogen-bond donors (Lipinski definition) is 1. The summed E-state index contributed by atoms with van der Waals surface area (Å²) in [6.45, 7) is 5.65. The Kier molecular flexibility index (Phi) is 4.34. The van der Waals surface area contributed by atoms with Gasteiger partial charge in [-0.05, 0) is 36.6 Å². The molecule has 2 rings (SSSR count). The van der Waals surface area contributed by atoms with Gasteiger partial charge in [0.25, 0.3) is 0 Å². The highest BCUT2D eigenvalue weighted by molar-refractivity contribution is 6.34. The zero-order valence-electron chi connectivity index (χ0n) is 12.1. The molecule has 20 heavy (non-hydrogen) atoms. The minimum Gasteiger partial charge on any atom is -0.348 e. The highest BCUT2D eigenvalue weighted by Gasteiger charge is 2.29. The van der Waals surface area contributed by atoms with Crippen LogP contribution in [0.5, 0.6) is 0 Å². The number of fused-ring (bicyclic) bond motifs is 1. The molecule has 0 fully saturated rings. The summed E-state index contributed by atoms with van der Waals surface area (Å²) in [7, 11) is 0. The lowest BCUT2D eigenvalue weighted by Gasteiger charge is -2.23. The van der Waals surface area contributed by atoms with Crippen LogP contribution in [0.2, 0.25) is 0 Å². The van der Waals surface area contributed by atoms with E-state index in [2.05, 4.69) is 23.5 Å². The van der Waals surface area contributed by atoms with Crippen molar-refractivity contribution in [3.8, 4) is 0 Å². The second-order valence-electron chi connectivity index (χ2n) is 5.31. The molecule has 0 aliphatic heterocycles. The molecular formula is C17H20ClNO. The minimum absolute atomic E-state index is 0.0711. The molecule has 0 aliphatic rings. The standard InChI is InChI=1S/C17H20ClNO/c1-4-17(3,18)16(20)19-12(2)14-11-7-9-13-8-5-6-10-15(13)14/h5-12H,4H2,1-3H3,(H,19,20). The molecular weight excluding hydrogens is 270 g/mol. The molecule has 0 saturated heterocycles. The number of benzene rings is 2. The second kappa shape index (κ2) is 5.84. The molecule has 2 nitrogen and oxygen atoms in total. The van der Waals surface area contributed by atoms with E-state index in [0.29, 0.717) is 6.42 Å². The summed E-state index contributed by atoms with van der Waals surface area (Å²) in [6.07, 6.45) is 0.600. The number of halogens is 1. The number of carbonyl (C=O) groups excluding carboxylic acids is 1. The fourth-order valence-corrected chi connectivity index (χ4v) is 2.27. The second-order valence-corrected chi connectivity index (χ2v) is 6.15. The highest BCUT2D eigenvalue weighted by Crippen LogP contribution is 2.26. The number of nitrogens with one attached hydrogen (secondary N) is 1. The first-order valence-corrected chi connectivity index (χ1v) is 7.31. The highest BCUT2D eigenvalue weighted by atomic mass is 35.5. The van der Waals surface area contributed by atoms with Crippen molar-refractivity contribution in [1.82, 2.24) is 5.32 Å². The van der Waals surface area contributed by atoms with Crippen LogP contribution in [0.3, 0.4) is 0 Å². The van der Waals surface area contributed by atoms with Crippen molar-refractivity contribution >= 4 is 28.3 Å². The summed E-state index contributed by atoms with van der Waals surface area (Å²) in [5.74, 6) is -0.123. The van der Waals surface area contributed by atoms with Gasteiger partial charge in [0.05, 0.1) is 6.04 Å². The molecule has 0 bridgehead atoms. The first-order chi connectivity index (χ1) is 9.45. The minimum atomic E-state index is -0.848. The summed E-state index contributed by atoms with van der Waals surface area (Å²) >= 11 is 6.21. The lowest BCUT2D eigenvalue weighted by molar-refractivity contribution is -0.124. The zero-order valence-corrected chi connectivity index (χ0v) is 12.9. The maximum absolute atomic E-state index is 12.2. The lowest BCUT2D eigenvalue weighted by Crippen LogP contribution is -2.41. The quantitative estimate of drug-likeness (QED) is 0.829. The number of hydrogen-bond acceptors (Lipinski definition) is 1. The Morgan fingerprint density at radius 2 is 1.90 bits per heavy atom. The largest absolute Gasteiger partial charge is 0.348 e. The Bertz CT molecular complexity index is 616. The molecule has 1 amide bonds. The van der Waals surface area contributed by atoms with E-state index in [4.69, 9.17) is 11.6 Å². The maximum Gasteiger partial charge on any atom is 0.241 e. The molecule has 3 heteroatoms.